The van der Waals surface area contributed by atoms with Crippen molar-refractivity contribution >= 4 is 11.7 Å². The van der Waals surface area contributed by atoms with Crippen molar-refractivity contribution in [1.29, 1.82) is 0 Å². The third-order valence-corrected chi connectivity index (χ3v) is 6.88. The van der Waals surface area contributed by atoms with Gasteiger partial charge in [0.25, 0.3) is 0 Å². The summed E-state index contributed by atoms with van der Waals surface area (Å²) in [6.45, 7) is 5.58. The number of aryl methyl sites for hydroxylation is 1. The first-order valence-corrected chi connectivity index (χ1v) is 11.5. The molecule has 3 atom stereocenters. The SMILES string of the molecule is Cc1cc(F)ccc1C(C)N1CC2CC1CN2C(=O)Nc1ccc(Oc2ccc(F)cc2)cc1. The monoisotopic (exact) mass is 463 g/mol. The molecule has 0 saturated carbocycles. The van der Waals surface area contributed by atoms with Crippen LogP contribution in [0.3, 0.4) is 0 Å². The van der Waals surface area contributed by atoms with Crippen LogP contribution < -0.4 is 10.1 Å². The van der Waals surface area contributed by atoms with Crippen LogP contribution in [0.4, 0.5) is 19.3 Å². The molecule has 176 valence electrons. The van der Waals surface area contributed by atoms with Crippen LogP contribution in [0.2, 0.25) is 0 Å². The van der Waals surface area contributed by atoms with Crippen molar-refractivity contribution in [2.45, 2.75) is 38.4 Å². The van der Waals surface area contributed by atoms with Crippen molar-refractivity contribution in [3.63, 3.8) is 0 Å². The average molecular weight is 464 g/mol. The predicted molar refractivity (Wildman–Crippen MR) is 127 cm³/mol. The van der Waals surface area contributed by atoms with Gasteiger partial charge in [-0.1, -0.05) is 6.07 Å². The highest BCUT2D eigenvalue weighted by atomic mass is 19.1. The summed E-state index contributed by atoms with van der Waals surface area (Å²) < 4.78 is 32.2. The maximum atomic E-state index is 13.5. The first-order chi connectivity index (χ1) is 16.4. The lowest BCUT2D eigenvalue weighted by molar-refractivity contribution is 0.114. The molecule has 0 aromatic heterocycles. The number of likely N-dealkylation sites (tertiary alicyclic amines) is 2. The minimum atomic E-state index is -0.316. The number of hydrogen-bond acceptors (Lipinski definition) is 3. The van der Waals surface area contributed by atoms with E-state index < -0.39 is 0 Å². The number of urea groups is 1. The number of fused-ring (bicyclic) bond motifs is 2. The van der Waals surface area contributed by atoms with E-state index in [0.717, 1.165) is 24.1 Å². The normalized spacial score (nSPS) is 20.4. The van der Waals surface area contributed by atoms with Crippen molar-refractivity contribution in [3.8, 4) is 11.5 Å². The topological polar surface area (TPSA) is 44.8 Å². The Balaban J connectivity index is 1.17. The van der Waals surface area contributed by atoms with Gasteiger partial charge in [0.2, 0.25) is 0 Å². The largest absolute Gasteiger partial charge is 0.457 e. The predicted octanol–water partition coefficient (Wildman–Crippen LogP) is 6.12. The van der Waals surface area contributed by atoms with Gasteiger partial charge >= 0.3 is 6.03 Å². The van der Waals surface area contributed by atoms with Gasteiger partial charge < -0.3 is 15.0 Å². The summed E-state index contributed by atoms with van der Waals surface area (Å²) in [6, 6.07) is 18.4. The number of benzene rings is 3. The van der Waals surface area contributed by atoms with Gasteiger partial charge in [-0.2, -0.15) is 0 Å². The quantitative estimate of drug-likeness (QED) is 0.496. The summed E-state index contributed by atoms with van der Waals surface area (Å²) >= 11 is 0. The number of halogens is 2. The van der Waals surface area contributed by atoms with E-state index in [2.05, 4.69) is 17.1 Å². The maximum absolute atomic E-state index is 13.5. The van der Waals surface area contributed by atoms with Crippen LogP contribution in [-0.2, 0) is 0 Å². The van der Waals surface area contributed by atoms with Crippen LogP contribution in [0.15, 0.2) is 66.7 Å². The molecule has 2 bridgehead atoms. The molecule has 2 heterocycles. The lowest BCUT2D eigenvalue weighted by Gasteiger charge is -2.38. The third-order valence-electron chi connectivity index (χ3n) is 6.88. The molecule has 2 amide bonds. The number of ether oxygens (including phenoxy) is 1. The minimum Gasteiger partial charge on any atom is -0.457 e. The summed E-state index contributed by atoms with van der Waals surface area (Å²) in [6.07, 6.45) is 0.947. The maximum Gasteiger partial charge on any atom is 0.322 e. The van der Waals surface area contributed by atoms with Crippen molar-refractivity contribution in [1.82, 2.24) is 9.80 Å². The Morgan fingerprint density at radius 3 is 2.21 bits per heavy atom. The fraction of sp³-hybridized carbons (Fsp3) is 0.296. The Kier molecular flexibility index (Phi) is 5.96. The lowest BCUT2D eigenvalue weighted by Crippen LogP contribution is -2.50. The number of amides is 2. The van der Waals surface area contributed by atoms with E-state index in [4.69, 9.17) is 4.74 Å². The van der Waals surface area contributed by atoms with Crippen LogP contribution in [0, 0.1) is 18.6 Å². The molecule has 2 saturated heterocycles. The van der Waals surface area contributed by atoms with Crippen molar-refractivity contribution in [2.24, 2.45) is 0 Å². The van der Waals surface area contributed by atoms with Crippen molar-refractivity contribution in [2.75, 3.05) is 18.4 Å². The molecule has 2 aliphatic heterocycles. The Morgan fingerprint density at radius 1 is 0.941 bits per heavy atom. The minimum absolute atomic E-state index is 0.107. The van der Waals surface area contributed by atoms with Gasteiger partial charge in [0.1, 0.15) is 23.1 Å². The standard InChI is InChI=1S/C27H27F2N3O2/c1-17-13-20(29)5-12-26(17)18(2)31-15-23-14-22(31)16-32(23)27(33)30-21-6-10-25(11-7-21)34-24-8-3-19(28)4-9-24/h3-13,18,22-23H,14-16H2,1-2H3,(H,30,33). The van der Waals surface area contributed by atoms with Crippen LogP contribution in [0.5, 0.6) is 11.5 Å². The zero-order valence-electron chi connectivity index (χ0n) is 19.2. The zero-order chi connectivity index (χ0) is 23.8. The van der Waals surface area contributed by atoms with Gasteiger partial charge in [0, 0.05) is 36.9 Å². The number of rotatable bonds is 5. The smallest absolute Gasteiger partial charge is 0.322 e. The number of nitrogens with zero attached hydrogens (tertiary/aromatic N) is 2. The van der Waals surface area contributed by atoms with Crippen molar-refractivity contribution < 1.29 is 18.3 Å². The summed E-state index contributed by atoms with van der Waals surface area (Å²) in [5.74, 6) is 0.616. The van der Waals surface area contributed by atoms with Crippen molar-refractivity contribution in [3.05, 3.63) is 89.5 Å². The van der Waals surface area contributed by atoms with E-state index >= 15 is 0 Å². The number of nitrogens with one attached hydrogen (secondary N) is 1. The van der Waals surface area contributed by atoms with E-state index in [9.17, 15) is 13.6 Å². The first-order valence-electron chi connectivity index (χ1n) is 11.5. The highest BCUT2D eigenvalue weighted by Gasteiger charge is 2.47. The van der Waals surface area contributed by atoms with Crippen LogP contribution in [0.25, 0.3) is 0 Å². The Hall–Kier alpha value is -3.45. The Labute approximate surface area is 197 Å². The fourth-order valence-electron chi connectivity index (χ4n) is 5.15. The summed E-state index contributed by atoms with van der Waals surface area (Å²) in [5, 5.41) is 2.98. The Morgan fingerprint density at radius 2 is 1.59 bits per heavy atom. The molecular weight excluding hydrogens is 436 g/mol. The van der Waals surface area contributed by atoms with Crippen LogP contribution in [0.1, 0.15) is 30.5 Å². The average Bonchev–Trinajstić information content (AvgIpc) is 3.43. The van der Waals surface area contributed by atoms with Crippen LogP contribution >= 0.6 is 0 Å². The summed E-state index contributed by atoms with van der Waals surface area (Å²) in [5.41, 5.74) is 2.77. The first kappa shape index (κ1) is 22.3. The number of carbonyl (C=O) groups excluding carboxylic acids is 1. The molecule has 2 fully saturated rings. The molecule has 2 aliphatic rings. The van der Waals surface area contributed by atoms with E-state index in [0.29, 0.717) is 29.8 Å². The molecule has 3 unspecified atom stereocenters. The van der Waals surface area contributed by atoms with Gasteiger partial charge in [0.05, 0.1) is 0 Å². The van der Waals surface area contributed by atoms with Gasteiger partial charge in [-0.05, 0) is 92.1 Å². The van der Waals surface area contributed by atoms with E-state index in [1.54, 1.807) is 42.5 Å². The van der Waals surface area contributed by atoms with E-state index in [-0.39, 0.29) is 29.7 Å². The number of anilines is 1. The zero-order valence-corrected chi connectivity index (χ0v) is 19.2. The molecule has 1 N–H and O–H groups in total. The number of piperazine rings is 1. The molecule has 0 spiro atoms. The highest BCUT2D eigenvalue weighted by molar-refractivity contribution is 5.90. The highest BCUT2D eigenvalue weighted by Crippen LogP contribution is 2.38. The van der Waals surface area contributed by atoms with Crippen LogP contribution in [-0.4, -0.2) is 41.0 Å². The third kappa shape index (κ3) is 4.48. The molecular formula is C27H27F2N3O2. The van der Waals surface area contributed by atoms with E-state index in [1.165, 1.54) is 18.2 Å². The molecule has 0 radical (unpaired) electrons. The van der Waals surface area contributed by atoms with E-state index in [1.807, 2.05) is 17.9 Å². The number of hydrogen-bond donors (Lipinski definition) is 1. The molecule has 3 aromatic carbocycles. The second-order valence-electron chi connectivity index (χ2n) is 9.08. The Bertz CT molecular complexity index is 1180. The van der Waals surface area contributed by atoms with Gasteiger partial charge in [-0.15, -0.1) is 0 Å². The second kappa shape index (κ2) is 9.06. The second-order valence-corrected chi connectivity index (χ2v) is 9.08. The molecule has 34 heavy (non-hydrogen) atoms. The van der Waals surface area contributed by atoms with Gasteiger partial charge in [-0.25, -0.2) is 13.6 Å². The molecule has 5 rings (SSSR count). The summed E-state index contributed by atoms with van der Waals surface area (Å²) in [4.78, 5) is 17.3. The lowest BCUT2D eigenvalue weighted by atomic mass is 10.0. The van der Waals surface area contributed by atoms with Gasteiger partial charge in [0.15, 0.2) is 0 Å². The number of carbonyl (C=O) groups is 1. The molecule has 3 aromatic rings. The fourth-order valence-corrected chi connectivity index (χ4v) is 5.15. The molecule has 7 heteroatoms. The molecule has 5 nitrogen and oxygen atoms in total. The molecule has 0 aliphatic carbocycles. The summed E-state index contributed by atoms with van der Waals surface area (Å²) in [7, 11) is 0. The van der Waals surface area contributed by atoms with Gasteiger partial charge in [-0.3, -0.25) is 4.90 Å².